The van der Waals surface area contributed by atoms with E-state index in [0.29, 0.717) is 0 Å². The predicted octanol–water partition coefficient (Wildman–Crippen LogP) is -5.16. The molecule has 1 saturated heterocycles. The lowest BCUT2D eigenvalue weighted by molar-refractivity contribution is -0.322. The molecule has 1 aliphatic heterocycles. The minimum absolute atomic E-state index is 0.706. The van der Waals surface area contributed by atoms with Crippen molar-refractivity contribution in [2.75, 3.05) is 13.2 Å². The molecular weight excluding hydrogens is 332 g/mol. The van der Waals surface area contributed by atoms with Crippen LogP contribution < -0.4 is 0 Å². The maximum Gasteiger partial charge on any atom is 0.187 e. The average Bonchev–Trinajstić information content (AvgIpc) is 2.57. The molecule has 0 radical (unpaired) electrons. The van der Waals surface area contributed by atoms with E-state index < -0.39 is 74.1 Å². The lowest BCUT2D eigenvalue weighted by atomic mass is 9.98. The summed E-state index contributed by atoms with van der Waals surface area (Å²) in [6, 6.07) is 0. The van der Waals surface area contributed by atoms with Crippen LogP contribution in [0.3, 0.4) is 0 Å². The maximum absolute atomic E-state index is 11.0. The summed E-state index contributed by atoms with van der Waals surface area (Å²) in [5.74, 6) is -0.828. The third-order valence-electron chi connectivity index (χ3n) is 3.81. The van der Waals surface area contributed by atoms with Crippen molar-refractivity contribution >= 4 is 5.78 Å². The number of ether oxygens (including phenoxy) is 2. The standard InChI is InChI=1S/C13H24O11/c1-4(16)7(17)10(20)8(18)5(2-14)23-13-12(22)11(21)9(19)6(3-15)24-13/h5-15,17-22H,2-3H2,1H3/t5-,6-,7+,8-,9+,10-,11+,12-,13?/m1/s1. The van der Waals surface area contributed by atoms with Crippen molar-refractivity contribution < 1.29 is 55.1 Å². The number of hydrogen-bond donors (Lipinski definition) is 8. The van der Waals surface area contributed by atoms with Crippen LogP contribution in [0.15, 0.2) is 0 Å². The van der Waals surface area contributed by atoms with Crippen LogP contribution in [0.25, 0.3) is 0 Å². The van der Waals surface area contributed by atoms with Gasteiger partial charge in [0.25, 0.3) is 0 Å². The summed E-state index contributed by atoms with van der Waals surface area (Å²) in [6.45, 7) is -0.617. The predicted molar refractivity (Wildman–Crippen MR) is 74.4 cm³/mol. The van der Waals surface area contributed by atoms with Crippen LogP contribution in [0, 0.1) is 0 Å². The molecule has 0 aliphatic carbocycles. The van der Waals surface area contributed by atoms with Gasteiger partial charge in [0.15, 0.2) is 12.1 Å². The third kappa shape index (κ3) is 4.67. The number of ketones is 1. The van der Waals surface area contributed by atoms with Crippen LogP contribution >= 0.6 is 0 Å². The topological polar surface area (TPSA) is 197 Å². The first-order valence-corrected chi connectivity index (χ1v) is 7.27. The number of carbonyl (C=O) groups is 1. The van der Waals surface area contributed by atoms with Gasteiger partial charge in [0.1, 0.15) is 48.8 Å². The van der Waals surface area contributed by atoms with Gasteiger partial charge < -0.3 is 50.3 Å². The molecule has 1 aliphatic rings. The lowest BCUT2D eigenvalue weighted by Crippen LogP contribution is -2.61. The molecule has 1 rings (SSSR count). The average molecular weight is 356 g/mol. The maximum atomic E-state index is 11.0. The normalized spacial score (nSPS) is 36.0. The number of carbonyl (C=O) groups excluding carboxylic acids is 1. The molecule has 11 heteroatoms. The van der Waals surface area contributed by atoms with E-state index in [0.717, 1.165) is 6.92 Å². The Kier molecular flexibility index (Phi) is 8.08. The Bertz CT molecular complexity index is 403. The van der Waals surface area contributed by atoms with Gasteiger partial charge >= 0.3 is 0 Å². The van der Waals surface area contributed by atoms with Gasteiger partial charge in [-0.15, -0.1) is 0 Å². The molecule has 0 bridgehead atoms. The molecule has 0 aromatic carbocycles. The molecule has 0 spiro atoms. The Morgan fingerprint density at radius 2 is 1.62 bits per heavy atom. The Hall–Kier alpha value is -0.730. The van der Waals surface area contributed by atoms with E-state index in [9.17, 15) is 40.5 Å². The van der Waals surface area contributed by atoms with Crippen molar-refractivity contribution in [2.24, 2.45) is 0 Å². The van der Waals surface area contributed by atoms with Gasteiger partial charge in [-0.2, -0.15) is 0 Å². The Morgan fingerprint density at radius 3 is 2.08 bits per heavy atom. The zero-order valence-corrected chi connectivity index (χ0v) is 12.9. The summed E-state index contributed by atoms with van der Waals surface area (Å²) in [4.78, 5) is 11.0. The molecule has 1 unspecified atom stereocenters. The Balaban J connectivity index is 2.81. The van der Waals surface area contributed by atoms with Crippen molar-refractivity contribution in [3.63, 3.8) is 0 Å². The van der Waals surface area contributed by atoms with Gasteiger partial charge in [0.2, 0.25) is 0 Å². The second-order valence-corrected chi connectivity index (χ2v) is 5.59. The summed E-state index contributed by atoms with van der Waals surface area (Å²) < 4.78 is 10.1. The molecule has 9 atom stereocenters. The van der Waals surface area contributed by atoms with Crippen molar-refractivity contribution in [3.8, 4) is 0 Å². The number of aliphatic hydroxyl groups is 8. The van der Waals surface area contributed by atoms with E-state index in [4.69, 9.17) is 14.6 Å². The van der Waals surface area contributed by atoms with Gasteiger partial charge in [-0.3, -0.25) is 4.79 Å². The largest absolute Gasteiger partial charge is 0.394 e. The molecule has 0 aromatic rings. The zero-order chi connectivity index (χ0) is 18.6. The second kappa shape index (κ2) is 9.10. The summed E-state index contributed by atoms with van der Waals surface area (Å²) >= 11 is 0. The van der Waals surface area contributed by atoms with Crippen molar-refractivity contribution in [2.45, 2.75) is 62.0 Å². The van der Waals surface area contributed by atoms with E-state index in [2.05, 4.69) is 0 Å². The van der Waals surface area contributed by atoms with Crippen LogP contribution in [-0.2, 0) is 14.3 Å². The third-order valence-corrected chi connectivity index (χ3v) is 3.81. The van der Waals surface area contributed by atoms with Crippen LogP contribution in [-0.4, -0.2) is 115 Å². The van der Waals surface area contributed by atoms with Crippen LogP contribution in [0.2, 0.25) is 0 Å². The first-order chi connectivity index (χ1) is 11.1. The SMILES string of the molecule is CC(=O)[C@H](O)[C@@H](O)[C@H](O)[C@@H](CO)OC1O[C@H](CO)[C@H](O)[C@H](O)[C@H]1O. The summed E-state index contributed by atoms with van der Waals surface area (Å²) in [5, 5.41) is 76.5. The quantitative estimate of drug-likeness (QED) is 0.207. The van der Waals surface area contributed by atoms with E-state index in [1.807, 2.05) is 0 Å². The van der Waals surface area contributed by atoms with Crippen LogP contribution in [0.4, 0.5) is 0 Å². The monoisotopic (exact) mass is 356 g/mol. The fourth-order valence-electron chi connectivity index (χ4n) is 2.23. The number of rotatable bonds is 8. The molecule has 142 valence electrons. The molecular formula is C13H24O11. The highest BCUT2D eigenvalue weighted by atomic mass is 16.7. The van der Waals surface area contributed by atoms with Crippen molar-refractivity contribution in [1.29, 1.82) is 0 Å². The van der Waals surface area contributed by atoms with E-state index in [-0.39, 0.29) is 0 Å². The first kappa shape index (κ1) is 21.3. The van der Waals surface area contributed by atoms with Crippen molar-refractivity contribution in [3.05, 3.63) is 0 Å². The van der Waals surface area contributed by atoms with Crippen LogP contribution in [0.1, 0.15) is 6.92 Å². The van der Waals surface area contributed by atoms with Crippen LogP contribution in [0.5, 0.6) is 0 Å². The van der Waals surface area contributed by atoms with E-state index in [1.54, 1.807) is 0 Å². The number of aliphatic hydroxyl groups excluding tert-OH is 8. The van der Waals surface area contributed by atoms with Gasteiger partial charge in [0, 0.05) is 0 Å². The fraction of sp³-hybridized carbons (Fsp3) is 0.923. The molecule has 1 fully saturated rings. The molecule has 8 N–H and O–H groups in total. The van der Waals surface area contributed by atoms with Gasteiger partial charge in [0.05, 0.1) is 13.2 Å². The highest BCUT2D eigenvalue weighted by molar-refractivity contribution is 5.80. The summed E-state index contributed by atoms with van der Waals surface area (Å²) in [7, 11) is 0. The molecule has 24 heavy (non-hydrogen) atoms. The second-order valence-electron chi connectivity index (χ2n) is 5.59. The first-order valence-electron chi connectivity index (χ1n) is 7.27. The number of Topliss-reactive ketones (excluding diaryl/α,β-unsaturated/α-hetero) is 1. The smallest absolute Gasteiger partial charge is 0.187 e. The van der Waals surface area contributed by atoms with E-state index in [1.165, 1.54) is 0 Å². The van der Waals surface area contributed by atoms with Gasteiger partial charge in [-0.25, -0.2) is 0 Å². The molecule has 0 aromatic heterocycles. The molecule has 11 nitrogen and oxygen atoms in total. The molecule has 0 saturated carbocycles. The van der Waals surface area contributed by atoms with E-state index >= 15 is 0 Å². The molecule has 1 heterocycles. The zero-order valence-electron chi connectivity index (χ0n) is 12.9. The van der Waals surface area contributed by atoms with Gasteiger partial charge in [-0.05, 0) is 6.92 Å². The summed E-state index contributed by atoms with van der Waals surface area (Å²) in [6.07, 6.45) is -15.5. The highest BCUT2D eigenvalue weighted by Crippen LogP contribution is 2.24. The lowest BCUT2D eigenvalue weighted by Gasteiger charge is -2.41. The minimum Gasteiger partial charge on any atom is -0.394 e. The number of hydrogen-bond acceptors (Lipinski definition) is 11. The van der Waals surface area contributed by atoms with Crippen molar-refractivity contribution in [1.82, 2.24) is 0 Å². The minimum atomic E-state index is -1.98. The summed E-state index contributed by atoms with van der Waals surface area (Å²) in [5.41, 5.74) is 0. The molecule has 0 amide bonds. The Labute approximate surface area is 137 Å². The fourth-order valence-corrected chi connectivity index (χ4v) is 2.23. The Morgan fingerprint density at radius 1 is 1.04 bits per heavy atom. The van der Waals surface area contributed by atoms with Gasteiger partial charge in [-0.1, -0.05) is 0 Å². The highest BCUT2D eigenvalue weighted by Gasteiger charge is 2.46.